The van der Waals surface area contributed by atoms with Crippen molar-refractivity contribution in [1.29, 1.82) is 0 Å². The summed E-state index contributed by atoms with van der Waals surface area (Å²) in [5, 5.41) is 8.52. The Morgan fingerprint density at radius 1 is 1.03 bits per heavy atom. The van der Waals surface area contributed by atoms with Crippen LogP contribution < -0.4 is 5.32 Å². The molecule has 0 spiro atoms. The Morgan fingerprint density at radius 3 is 2.45 bits per heavy atom. The lowest BCUT2D eigenvalue weighted by atomic mass is 9.89. The molecule has 1 saturated heterocycles. The molecule has 38 heavy (non-hydrogen) atoms. The van der Waals surface area contributed by atoms with E-state index in [1.807, 2.05) is 30.1 Å². The van der Waals surface area contributed by atoms with E-state index in [9.17, 15) is 4.39 Å². The summed E-state index contributed by atoms with van der Waals surface area (Å²) in [6.07, 6.45) is 4.67. The summed E-state index contributed by atoms with van der Waals surface area (Å²) in [6.45, 7) is 16.2. The lowest BCUT2D eigenvalue weighted by Gasteiger charge is -2.37. The first-order valence-electron chi connectivity index (χ1n) is 13.2. The first-order chi connectivity index (χ1) is 18.1. The van der Waals surface area contributed by atoms with Crippen molar-refractivity contribution in [3.63, 3.8) is 0 Å². The second-order valence-corrected chi connectivity index (χ2v) is 11.0. The topological polar surface area (TPSA) is 87.9 Å². The fourth-order valence-corrected chi connectivity index (χ4v) is 5.25. The van der Waals surface area contributed by atoms with Gasteiger partial charge in [-0.3, -0.25) is 9.58 Å². The molecule has 200 valence electrons. The number of nitrogens with zero attached hydrogens (tertiary/aromatic N) is 8. The average molecular weight is 518 g/mol. The van der Waals surface area contributed by atoms with E-state index in [1.54, 1.807) is 6.20 Å². The highest BCUT2D eigenvalue weighted by Crippen LogP contribution is 2.32. The maximum absolute atomic E-state index is 14.9. The summed E-state index contributed by atoms with van der Waals surface area (Å²) in [7, 11) is 1.90. The third-order valence-electron chi connectivity index (χ3n) is 7.33. The molecule has 1 fully saturated rings. The highest BCUT2D eigenvalue weighted by molar-refractivity contribution is 5.83. The zero-order valence-electron chi connectivity index (χ0n) is 23.0. The molecule has 4 aromatic rings. The Kier molecular flexibility index (Phi) is 7.11. The van der Waals surface area contributed by atoms with Crippen LogP contribution in [0, 0.1) is 5.82 Å². The van der Waals surface area contributed by atoms with Crippen LogP contribution in [0.25, 0.3) is 22.3 Å². The van der Waals surface area contributed by atoms with Gasteiger partial charge < -0.3 is 10.2 Å². The lowest BCUT2D eigenvalue weighted by molar-refractivity contribution is 0.106. The van der Waals surface area contributed by atoms with Gasteiger partial charge in [0.1, 0.15) is 11.5 Å². The largest absolute Gasteiger partial charge is 0.309 e. The van der Waals surface area contributed by atoms with Crippen LogP contribution in [0.4, 0.5) is 16.2 Å². The molecule has 0 aliphatic carbocycles. The first kappa shape index (κ1) is 26.1. The lowest BCUT2D eigenvalue weighted by Crippen LogP contribution is -2.46. The molecule has 4 aromatic heterocycles. The summed E-state index contributed by atoms with van der Waals surface area (Å²) in [6, 6.07) is 6.18. The van der Waals surface area contributed by atoms with Gasteiger partial charge in [-0.25, -0.2) is 24.3 Å². The highest BCUT2D eigenvalue weighted by Gasteiger charge is 2.24. The Morgan fingerprint density at radius 2 is 1.79 bits per heavy atom. The molecule has 1 atom stereocenters. The number of aromatic nitrogens is 6. The number of fused-ring (bicyclic) bond motifs is 1. The summed E-state index contributed by atoms with van der Waals surface area (Å²) in [5.74, 6) is 0.357. The molecule has 0 aromatic carbocycles. The van der Waals surface area contributed by atoms with E-state index in [4.69, 9.17) is 0 Å². The van der Waals surface area contributed by atoms with Gasteiger partial charge in [-0.1, -0.05) is 33.8 Å². The molecule has 1 aliphatic heterocycles. The quantitative estimate of drug-likeness (QED) is 0.394. The van der Waals surface area contributed by atoms with E-state index >= 15 is 0 Å². The standard InChI is InChI=1S/C28H36FN9/c1-7-37-10-12-38(13-11-37)18(2)19-8-9-23(30-15-19)33-27-32-17-22(29)24(34-27)20-14-21-25(28(3,4)5)36(6)35-26(21)31-16-20/h8-9,14-18H,7,10-13H2,1-6H3,(H,30,32,33,34). The van der Waals surface area contributed by atoms with Crippen molar-refractivity contribution in [3.05, 3.63) is 53.9 Å². The van der Waals surface area contributed by atoms with Crippen molar-refractivity contribution in [2.75, 3.05) is 38.0 Å². The molecule has 0 radical (unpaired) electrons. The van der Waals surface area contributed by atoms with E-state index in [2.05, 4.69) is 80.8 Å². The first-order valence-corrected chi connectivity index (χ1v) is 13.2. The fourth-order valence-electron chi connectivity index (χ4n) is 5.25. The second-order valence-electron chi connectivity index (χ2n) is 11.0. The third kappa shape index (κ3) is 5.23. The number of pyridine rings is 2. The van der Waals surface area contributed by atoms with E-state index in [1.165, 1.54) is 6.20 Å². The molecule has 1 unspecified atom stereocenters. The van der Waals surface area contributed by atoms with Gasteiger partial charge in [0, 0.05) is 68.0 Å². The summed E-state index contributed by atoms with van der Waals surface area (Å²) in [4.78, 5) is 22.6. The Labute approximate surface area is 223 Å². The number of hydrogen-bond donors (Lipinski definition) is 1. The van der Waals surface area contributed by atoms with Crippen LogP contribution in [-0.2, 0) is 12.5 Å². The normalized spacial score (nSPS) is 16.2. The summed E-state index contributed by atoms with van der Waals surface area (Å²) < 4.78 is 16.7. The number of nitrogens with one attached hydrogen (secondary N) is 1. The number of halogens is 1. The van der Waals surface area contributed by atoms with Gasteiger partial charge in [0.25, 0.3) is 0 Å². The molecule has 0 amide bonds. The zero-order chi connectivity index (χ0) is 27.0. The minimum Gasteiger partial charge on any atom is -0.309 e. The second kappa shape index (κ2) is 10.3. The van der Waals surface area contributed by atoms with E-state index in [-0.39, 0.29) is 23.1 Å². The maximum Gasteiger partial charge on any atom is 0.229 e. The van der Waals surface area contributed by atoms with Crippen LogP contribution in [0.2, 0.25) is 0 Å². The van der Waals surface area contributed by atoms with Gasteiger partial charge in [0.15, 0.2) is 11.5 Å². The summed E-state index contributed by atoms with van der Waals surface area (Å²) >= 11 is 0. The van der Waals surface area contributed by atoms with Gasteiger partial charge in [0.2, 0.25) is 5.95 Å². The third-order valence-corrected chi connectivity index (χ3v) is 7.33. The van der Waals surface area contributed by atoms with Gasteiger partial charge in [-0.05, 0) is 31.2 Å². The molecule has 0 saturated carbocycles. The van der Waals surface area contributed by atoms with Crippen LogP contribution in [0.5, 0.6) is 0 Å². The number of aryl methyl sites for hydroxylation is 1. The number of piperazine rings is 1. The number of hydrogen-bond acceptors (Lipinski definition) is 8. The maximum atomic E-state index is 14.9. The van der Waals surface area contributed by atoms with Crippen molar-refractivity contribution in [2.45, 2.75) is 46.1 Å². The molecule has 1 N–H and O–H groups in total. The van der Waals surface area contributed by atoms with Crippen molar-refractivity contribution in [1.82, 2.24) is 39.5 Å². The van der Waals surface area contributed by atoms with E-state index in [0.29, 0.717) is 17.0 Å². The van der Waals surface area contributed by atoms with Gasteiger partial charge in [-0.2, -0.15) is 5.10 Å². The van der Waals surface area contributed by atoms with Crippen LogP contribution in [0.3, 0.4) is 0 Å². The molecule has 0 bridgehead atoms. The summed E-state index contributed by atoms with van der Waals surface area (Å²) in [5.41, 5.74) is 3.41. The molecule has 5 heterocycles. The SMILES string of the molecule is CCN1CCN(C(C)c2ccc(Nc3ncc(F)c(-c4cnc5nn(C)c(C(C)(C)C)c5c4)n3)nc2)CC1. The Bertz CT molecular complexity index is 1420. The van der Waals surface area contributed by atoms with Gasteiger partial charge in [0.05, 0.1) is 11.9 Å². The monoisotopic (exact) mass is 517 g/mol. The Balaban J connectivity index is 1.35. The molecule has 10 heteroatoms. The van der Waals surface area contributed by atoms with Gasteiger partial charge in [-0.15, -0.1) is 0 Å². The molecular formula is C28H36FN9. The predicted octanol–water partition coefficient (Wildman–Crippen LogP) is 4.70. The minimum absolute atomic E-state index is 0.153. The average Bonchev–Trinajstić information content (AvgIpc) is 3.25. The molecular weight excluding hydrogens is 481 g/mol. The van der Waals surface area contributed by atoms with Crippen LogP contribution in [-0.4, -0.2) is 72.2 Å². The smallest absolute Gasteiger partial charge is 0.229 e. The molecule has 9 nitrogen and oxygen atoms in total. The van der Waals surface area contributed by atoms with Crippen molar-refractivity contribution >= 4 is 22.8 Å². The van der Waals surface area contributed by atoms with Crippen molar-refractivity contribution in [2.24, 2.45) is 7.05 Å². The number of likely N-dealkylation sites (N-methyl/N-ethyl adjacent to an activating group) is 1. The van der Waals surface area contributed by atoms with E-state index in [0.717, 1.165) is 49.4 Å². The molecule has 1 aliphatic rings. The number of anilines is 2. The van der Waals surface area contributed by atoms with E-state index < -0.39 is 5.82 Å². The van der Waals surface area contributed by atoms with Gasteiger partial charge >= 0.3 is 0 Å². The predicted molar refractivity (Wildman–Crippen MR) is 148 cm³/mol. The highest BCUT2D eigenvalue weighted by atomic mass is 19.1. The fraction of sp³-hybridized carbons (Fsp3) is 0.464. The molecule has 5 rings (SSSR count). The van der Waals surface area contributed by atoms with Crippen LogP contribution in [0.1, 0.15) is 51.9 Å². The minimum atomic E-state index is -0.516. The van der Waals surface area contributed by atoms with Crippen molar-refractivity contribution in [3.8, 4) is 11.3 Å². The Hall–Kier alpha value is -3.50. The van der Waals surface area contributed by atoms with Crippen LogP contribution >= 0.6 is 0 Å². The van der Waals surface area contributed by atoms with Crippen LogP contribution in [0.15, 0.2) is 36.8 Å². The zero-order valence-corrected chi connectivity index (χ0v) is 23.0. The van der Waals surface area contributed by atoms with Crippen molar-refractivity contribution < 1.29 is 4.39 Å². The number of rotatable bonds is 6.